The van der Waals surface area contributed by atoms with Gasteiger partial charge in [-0.05, 0) is 17.7 Å². The third-order valence-electron chi connectivity index (χ3n) is 2.00. The molecule has 0 aliphatic heterocycles. The molecule has 0 spiro atoms. The summed E-state index contributed by atoms with van der Waals surface area (Å²) in [7, 11) is 1.45. The molecule has 0 aliphatic carbocycles. The van der Waals surface area contributed by atoms with Crippen LogP contribution in [0, 0.1) is 0 Å². The lowest BCUT2D eigenvalue weighted by atomic mass is 10.1. The van der Waals surface area contributed by atoms with Crippen molar-refractivity contribution < 1.29 is 19.7 Å². The lowest BCUT2D eigenvalue weighted by molar-refractivity contribution is 0.0693. The summed E-state index contributed by atoms with van der Waals surface area (Å²) in [5.41, 5.74) is 1.08. The summed E-state index contributed by atoms with van der Waals surface area (Å²) >= 11 is 1.56. The molecule has 5 heteroatoms. The smallest absolute Gasteiger partial charge is 0.339 e. The Labute approximate surface area is 98.2 Å². The third kappa shape index (κ3) is 3.43. The van der Waals surface area contributed by atoms with E-state index in [1.165, 1.54) is 7.11 Å². The fourth-order valence-electron chi connectivity index (χ4n) is 1.27. The van der Waals surface area contributed by atoms with Crippen molar-refractivity contribution in [2.75, 3.05) is 19.5 Å². The van der Waals surface area contributed by atoms with E-state index in [4.69, 9.17) is 14.9 Å². The van der Waals surface area contributed by atoms with Gasteiger partial charge in [-0.3, -0.25) is 0 Å². The lowest BCUT2D eigenvalue weighted by Crippen LogP contribution is -2.01. The zero-order chi connectivity index (χ0) is 12.0. The van der Waals surface area contributed by atoms with Crippen molar-refractivity contribution in [3.8, 4) is 5.75 Å². The topological polar surface area (TPSA) is 66.8 Å². The third-order valence-corrected chi connectivity index (χ3v) is 3.01. The van der Waals surface area contributed by atoms with E-state index in [0.717, 1.165) is 5.56 Å². The number of aliphatic hydroxyl groups is 1. The Kier molecular flexibility index (Phi) is 5.14. The molecular weight excluding hydrogens is 228 g/mol. The molecule has 88 valence electrons. The van der Waals surface area contributed by atoms with Gasteiger partial charge in [0.2, 0.25) is 0 Å². The number of carbonyl (C=O) groups is 1. The molecule has 0 unspecified atom stereocenters. The van der Waals surface area contributed by atoms with Gasteiger partial charge in [0, 0.05) is 11.5 Å². The Morgan fingerprint density at radius 1 is 1.50 bits per heavy atom. The number of methoxy groups -OCH3 is 1. The highest BCUT2D eigenvalue weighted by atomic mass is 32.2. The van der Waals surface area contributed by atoms with Gasteiger partial charge >= 0.3 is 5.97 Å². The van der Waals surface area contributed by atoms with E-state index in [9.17, 15) is 4.79 Å². The van der Waals surface area contributed by atoms with Crippen molar-refractivity contribution in [2.24, 2.45) is 0 Å². The predicted octanol–water partition coefficient (Wildman–Crippen LogP) is 1.62. The van der Waals surface area contributed by atoms with Gasteiger partial charge in [-0.1, -0.05) is 6.07 Å². The average molecular weight is 242 g/mol. The van der Waals surface area contributed by atoms with Crippen LogP contribution >= 0.6 is 11.8 Å². The minimum Gasteiger partial charge on any atom is -0.496 e. The highest BCUT2D eigenvalue weighted by Gasteiger charge is 2.11. The van der Waals surface area contributed by atoms with Crippen molar-refractivity contribution in [3.05, 3.63) is 29.3 Å². The highest BCUT2D eigenvalue weighted by Crippen LogP contribution is 2.22. The quantitative estimate of drug-likeness (QED) is 0.742. The second-order valence-corrected chi connectivity index (χ2v) is 4.22. The second kappa shape index (κ2) is 6.40. The normalized spacial score (nSPS) is 10.1. The molecule has 4 nitrogen and oxygen atoms in total. The Morgan fingerprint density at radius 2 is 2.25 bits per heavy atom. The van der Waals surface area contributed by atoms with Crippen LogP contribution in [-0.2, 0) is 5.75 Å². The number of hydrogen-bond acceptors (Lipinski definition) is 4. The van der Waals surface area contributed by atoms with Gasteiger partial charge in [0.1, 0.15) is 11.3 Å². The zero-order valence-corrected chi connectivity index (χ0v) is 9.79. The van der Waals surface area contributed by atoms with E-state index in [1.807, 2.05) is 6.07 Å². The molecule has 0 bridgehead atoms. The van der Waals surface area contributed by atoms with E-state index in [0.29, 0.717) is 17.3 Å². The number of benzene rings is 1. The maximum atomic E-state index is 10.9. The van der Waals surface area contributed by atoms with Crippen molar-refractivity contribution in [3.63, 3.8) is 0 Å². The molecule has 0 saturated carbocycles. The van der Waals surface area contributed by atoms with Crippen molar-refractivity contribution in [1.82, 2.24) is 0 Å². The van der Waals surface area contributed by atoms with E-state index in [1.54, 1.807) is 23.9 Å². The first kappa shape index (κ1) is 12.9. The molecule has 0 saturated heterocycles. The van der Waals surface area contributed by atoms with E-state index < -0.39 is 5.97 Å². The number of ether oxygens (including phenoxy) is 1. The average Bonchev–Trinajstić information content (AvgIpc) is 2.29. The van der Waals surface area contributed by atoms with Crippen LogP contribution in [0.25, 0.3) is 0 Å². The number of carboxylic acid groups (broad SMARTS) is 1. The molecule has 0 radical (unpaired) electrons. The number of aromatic carboxylic acids is 1. The first-order chi connectivity index (χ1) is 7.69. The largest absolute Gasteiger partial charge is 0.496 e. The van der Waals surface area contributed by atoms with Gasteiger partial charge in [-0.25, -0.2) is 4.79 Å². The maximum absolute atomic E-state index is 10.9. The van der Waals surface area contributed by atoms with E-state index >= 15 is 0 Å². The zero-order valence-electron chi connectivity index (χ0n) is 8.97. The molecule has 1 aromatic rings. The number of thioether (sulfide) groups is 1. The number of aliphatic hydroxyl groups excluding tert-OH is 1. The lowest BCUT2D eigenvalue weighted by Gasteiger charge is -2.07. The molecule has 0 amide bonds. The predicted molar refractivity (Wildman–Crippen MR) is 63.2 cm³/mol. The first-order valence-corrected chi connectivity index (χ1v) is 5.93. The van der Waals surface area contributed by atoms with Crippen LogP contribution < -0.4 is 4.74 Å². The fourth-order valence-corrected chi connectivity index (χ4v) is 1.96. The van der Waals surface area contributed by atoms with Crippen molar-refractivity contribution in [1.29, 1.82) is 0 Å². The maximum Gasteiger partial charge on any atom is 0.339 e. The van der Waals surface area contributed by atoms with Gasteiger partial charge < -0.3 is 14.9 Å². The van der Waals surface area contributed by atoms with E-state index in [2.05, 4.69) is 0 Å². The van der Waals surface area contributed by atoms with Crippen LogP contribution in [0.1, 0.15) is 15.9 Å². The van der Waals surface area contributed by atoms with Gasteiger partial charge in [0.05, 0.1) is 13.7 Å². The summed E-state index contributed by atoms with van der Waals surface area (Å²) in [6.07, 6.45) is 0. The SMILES string of the molecule is COc1ccc(CSCCO)cc1C(=O)O. The summed E-state index contributed by atoms with van der Waals surface area (Å²) in [6, 6.07) is 5.08. The monoisotopic (exact) mass is 242 g/mol. The minimum atomic E-state index is -0.995. The minimum absolute atomic E-state index is 0.132. The van der Waals surface area contributed by atoms with Gasteiger partial charge in [0.25, 0.3) is 0 Å². The molecule has 16 heavy (non-hydrogen) atoms. The van der Waals surface area contributed by atoms with Crippen LogP contribution in [0.4, 0.5) is 0 Å². The molecule has 0 aromatic heterocycles. The van der Waals surface area contributed by atoms with Crippen molar-refractivity contribution >= 4 is 17.7 Å². The molecule has 1 rings (SSSR count). The summed E-state index contributed by atoms with van der Waals surface area (Å²) < 4.78 is 4.96. The Hall–Kier alpha value is -1.20. The summed E-state index contributed by atoms with van der Waals surface area (Å²) in [5.74, 6) is 0.702. The summed E-state index contributed by atoms with van der Waals surface area (Å²) in [5, 5.41) is 17.6. The van der Waals surface area contributed by atoms with Gasteiger partial charge in [0.15, 0.2) is 0 Å². The van der Waals surface area contributed by atoms with Crippen LogP contribution in [-0.4, -0.2) is 35.7 Å². The molecule has 0 fully saturated rings. The molecular formula is C11H14O4S. The first-order valence-electron chi connectivity index (χ1n) is 4.78. The van der Waals surface area contributed by atoms with Crippen molar-refractivity contribution in [2.45, 2.75) is 5.75 Å². The van der Waals surface area contributed by atoms with E-state index in [-0.39, 0.29) is 12.2 Å². The molecule has 0 atom stereocenters. The Balaban J connectivity index is 2.81. The standard InChI is InChI=1S/C11H14O4S/c1-15-10-3-2-8(7-16-5-4-12)6-9(10)11(13)14/h2-3,6,12H,4-5,7H2,1H3,(H,13,14). The summed E-state index contributed by atoms with van der Waals surface area (Å²) in [6.45, 7) is 0.132. The number of carboxylic acids is 1. The highest BCUT2D eigenvalue weighted by molar-refractivity contribution is 7.98. The van der Waals surface area contributed by atoms with Gasteiger partial charge in [-0.2, -0.15) is 11.8 Å². The van der Waals surface area contributed by atoms with Crippen LogP contribution in [0.5, 0.6) is 5.75 Å². The van der Waals surface area contributed by atoms with Gasteiger partial charge in [-0.15, -0.1) is 0 Å². The van der Waals surface area contributed by atoms with Crippen LogP contribution in [0.15, 0.2) is 18.2 Å². The fraction of sp³-hybridized carbons (Fsp3) is 0.364. The summed E-state index contributed by atoms with van der Waals surface area (Å²) in [4.78, 5) is 10.9. The second-order valence-electron chi connectivity index (χ2n) is 3.12. The molecule has 1 aromatic carbocycles. The molecule has 2 N–H and O–H groups in total. The van der Waals surface area contributed by atoms with Crippen LogP contribution in [0.2, 0.25) is 0 Å². The Morgan fingerprint density at radius 3 is 2.81 bits per heavy atom. The molecule has 0 aliphatic rings. The Bertz CT molecular complexity index is 365. The number of rotatable bonds is 6. The number of hydrogen-bond donors (Lipinski definition) is 2. The van der Waals surface area contributed by atoms with Crippen LogP contribution in [0.3, 0.4) is 0 Å². The molecule has 0 heterocycles.